The number of aliphatic hydroxyl groups is 1. The van der Waals surface area contributed by atoms with Crippen LogP contribution >= 0.6 is 45.7 Å². The quantitative estimate of drug-likeness (QED) is 0.145. The van der Waals surface area contributed by atoms with Crippen LogP contribution < -0.4 is 10.6 Å². The van der Waals surface area contributed by atoms with E-state index in [4.69, 9.17) is 9.47 Å². The van der Waals surface area contributed by atoms with Crippen molar-refractivity contribution in [3.8, 4) is 0 Å². The summed E-state index contributed by atoms with van der Waals surface area (Å²) in [5.74, 6) is -1.42. The Hall–Kier alpha value is -1.60. The van der Waals surface area contributed by atoms with Crippen LogP contribution in [0.4, 0.5) is 0 Å². The lowest BCUT2D eigenvalue weighted by molar-refractivity contribution is -0.147. The van der Waals surface area contributed by atoms with Crippen molar-refractivity contribution in [1.29, 1.82) is 0 Å². The van der Waals surface area contributed by atoms with Crippen LogP contribution in [0.5, 0.6) is 0 Å². The zero-order chi connectivity index (χ0) is 37.5. The number of hydrogen-bond donors (Lipinski definition) is 3. The number of likely N-dealkylation sites (tertiary alicyclic amines) is 1. The lowest BCUT2D eigenvalue weighted by Crippen LogP contribution is -2.59. The molecule has 0 radical (unpaired) electrons. The van der Waals surface area contributed by atoms with Crippen LogP contribution in [0.3, 0.4) is 0 Å². The van der Waals surface area contributed by atoms with Gasteiger partial charge in [-0.2, -0.15) is 1.33 Å². The molecule has 2 aliphatic rings. The van der Waals surface area contributed by atoms with Crippen LogP contribution in [-0.2, 0) is 28.7 Å². The maximum atomic E-state index is 14.1. The number of hydrogen-bond acceptors (Lipinski definition) is 8. The first-order chi connectivity index (χ1) is 23.5. The number of amides is 4. The number of rotatable bonds is 18. The van der Waals surface area contributed by atoms with Crippen molar-refractivity contribution in [2.24, 2.45) is 17.8 Å². The lowest BCUT2D eigenvalue weighted by Gasteiger charge is -2.39. The van der Waals surface area contributed by atoms with E-state index in [1.165, 1.54) is 0 Å². The molecule has 0 unspecified atom stereocenters. The molecule has 0 bridgehead atoms. The SMILES string of the molecule is CO[C@H]([C@@H](C)C(=O)N[C@H](C)[C@@H](O)c1ccccc1)[C@@H]1CCCN1C(=O)C[C@@H](OC)[C@H](C1CC1)N(C)C(=O)[C@@H](NC(=O)C(C)(C)N(I)I)C(C)C. The molecule has 1 heterocycles. The predicted molar refractivity (Wildman–Crippen MR) is 209 cm³/mol. The van der Waals surface area contributed by atoms with E-state index >= 15 is 0 Å². The third kappa shape index (κ3) is 10.5. The molecule has 3 N–H and O–H groups in total. The van der Waals surface area contributed by atoms with Crippen molar-refractivity contribution in [1.82, 2.24) is 21.8 Å². The molecule has 1 saturated carbocycles. The Morgan fingerprint density at radius 2 is 1.62 bits per heavy atom. The molecule has 2 fully saturated rings. The van der Waals surface area contributed by atoms with Gasteiger partial charge in [-0.25, -0.2) is 0 Å². The fraction of sp³-hybridized carbons (Fsp3) is 0.722. The van der Waals surface area contributed by atoms with E-state index in [-0.39, 0.29) is 54.0 Å². The molecule has 0 spiro atoms. The Morgan fingerprint density at radius 3 is 2.14 bits per heavy atom. The van der Waals surface area contributed by atoms with Crippen LogP contribution in [0.15, 0.2) is 30.3 Å². The van der Waals surface area contributed by atoms with Gasteiger partial charge in [-0.1, -0.05) is 51.1 Å². The zero-order valence-corrected chi connectivity index (χ0v) is 35.2. The Bertz CT molecular complexity index is 1300. The Labute approximate surface area is 326 Å². The number of carbonyl (C=O) groups is 4. The van der Waals surface area contributed by atoms with Gasteiger partial charge in [0.1, 0.15) is 11.6 Å². The third-order valence-corrected chi connectivity index (χ3v) is 12.7. The highest BCUT2D eigenvalue weighted by atomic mass is 127. The minimum absolute atomic E-state index is 0.0630. The molecule has 1 aliphatic carbocycles. The summed E-state index contributed by atoms with van der Waals surface area (Å²) in [6.45, 7) is 11.5. The fourth-order valence-corrected chi connectivity index (χ4v) is 7.31. The first-order valence-corrected chi connectivity index (χ1v) is 19.5. The second-order valence-electron chi connectivity index (χ2n) is 14.7. The van der Waals surface area contributed by atoms with Crippen LogP contribution in [-0.4, -0.2) is 110 Å². The number of methoxy groups -OCH3 is 2. The average Bonchev–Trinajstić information content (AvgIpc) is 3.80. The molecule has 1 aliphatic heterocycles. The summed E-state index contributed by atoms with van der Waals surface area (Å²) in [6.07, 6.45) is 1.36. The fourth-order valence-electron chi connectivity index (χ4n) is 6.88. The van der Waals surface area contributed by atoms with Crippen molar-refractivity contribution < 1.29 is 33.8 Å². The van der Waals surface area contributed by atoms with Gasteiger partial charge in [-0.05, 0) is 63.9 Å². The van der Waals surface area contributed by atoms with E-state index in [1.807, 2.05) is 44.2 Å². The van der Waals surface area contributed by atoms with Gasteiger partial charge in [0, 0.05) is 73.5 Å². The van der Waals surface area contributed by atoms with Gasteiger partial charge in [0.05, 0.1) is 48.8 Å². The van der Waals surface area contributed by atoms with E-state index in [0.29, 0.717) is 18.5 Å². The number of benzene rings is 1. The van der Waals surface area contributed by atoms with Gasteiger partial charge in [0.25, 0.3) is 0 Å². The molecule has 0 aromatic heterocycles. The minimum Gasteiger partial charge on any atom is -0.386 e. The topological polar surface area (TPSA) is 141 Å². The van der Waals surface area contributed by atoms with Crippen molar-refractivity contribution in [3.63, 3.8) is 0 Å². The molecule has 1 aromatic rings. The summed E-state index contributed by atoms with van der Waals surface area (Å²) in [4.78, 5) is 58.2. The van der Waals surface area contributed by atoms with E-state index in [2.05, 4.69) is 56.4 Å². The van der Waals surface area contributed by atoms with Crippen molar-refractivity contribution >= 4 is 69.4 Å². The van der Waals surface area contributed by atoms with Gasteiger partial charge in [0.2, 0.25) is 23.6 Å². The number of nitrogens with zero attached hydrogens (tertiary/aromatic N) is 3. The highest BCUT2D eigenvalue weighted by Gasteiger charge is 2.46. The van der Waals surface area contributed by atoms with Crippen LogP contribution in [0.1, 0.15) is 85.3 Å². The van der Waals surface area contributed by atoms with Crippen LogP contribution in [0, 0.1) is 17.8 Å². The molecule has 1 aromatic carbocycles. The van der Waals surface area contributed by atoms with E-state index < -0.39 is 41.9 Å². The van der Waals surface area contributed by atoms with Gasteiger partial charge in [0.15, 0.2) is 0 Å². The maximum absolute atomic E-state index is 14.1. The van der Waals surface area contributed by atoms with Crippen LogP contribution in [0.2, 0.25) is 0 Å². The molecule has 3 rings (SSSR count). The molecule has 8 atom stereocenters. The Kier molecular flexibility index (Phi) is 16.2. The number of nitrogens with one attached hydrogen (secondary N) is 2. The number of halogens is 2. The Morgan fingerprint density at radius 1 is 1.00 bits per heavy atom. The molecule has 14 heteroatoms. The predicted octanol–water partition coefficient (Wildman–Crippen LogP) is 4.43. The normalized spacial score (nSPS) is 20.8. The number of aliphatic hydroxyl groups excluding tert-OH is 1. The average molecular weight is 926 g/mol. The van der Waals surface area contributed by atoms with Gasteiger partial charge in [-0.15, -0.1) is 0 Å². The lowest BCUT2D eigenvalue weighted by atomic mass is 9.93. The van der Waals surface area contributed by atoms with Crippen molar-refractivity contribution in [2.45, 2.75) is 122 Å². The Balaban J connectivity index is 1.72. The summed E-state index contributed by atoms with van der Waals surface area (Å²) in [5.41, 5.74) is -0.123. The first-order valence-electron chi connectivity index (χ1n) is 17.6. The second-order valence-corrected chi connectivity index (χ2v) is 18.5. The molecule has 282 valence electrons. The molecule has 12 nitrogen and oxygen atoms in total. The highest BCUT2D eigenvalue weighted by molar-refractivity contribution is 14.2. The largest absolute Gasteiger partial charge is 0.386 e. The summed E-state index contributed by atoms with van der Waals surface area (Å²) >= 11 is 4.12. The molecular weight excluding hydrogens is 868 g/mol. The summed E-state index contributed by atoms with van der Waals surface area (Å²) in [5, 5.41) is 16.7. The molecule has 4 amide bonds. The monoisotopic (exact) mass is 925 g/mol. The summed E-state index contributed by atoms with van der Waals surface area (Å²) in [7, 11) is 4.87. The third-order valence-electron chi connectivity index (χ3n) is 10.3. The van der Waals surface area contributed by atoms with E-state index in [0.717, 1.165) is 19.3 Å². The second kappa shape index (κ2) is 18.9. The zero-order valence-electron chi connectivity index (χ0n) is 30.9. The standard InChI is InChI=1S/C36H57I2N5O7/c1-21(2)29(40-35(48)36(5,6)43(37)38)34(47)41(7)30(24-17-18-24)27(49-8)20-28(44)42-19-13-16-26(42)32(50-9)22(3)33(46)39-23(4)31(45)25-14-11-10-12-15-25/h10-12,14-15,21-24,26-27,29-32,45H,13,16-20H2,1-9H3,(H,39,46)(H,40,48)/t22-,23-,26+,27-,29+,30+,31-,32-/m1/s1. The molecule has 1 saturated heterocycles. The smallest absolute Gasteiger partial charge is 0.245 e. The number of likely N-dealkylation sites (N-methyl/N-ethyl adjacent to an activating group) is 1. The minimum atomic E-state index is -0.871. The van der Waals surface area contributed by atoms with Gasteiger partial charge < -0.3 is 35.0 Å². The summed E-state index contributed by atoms with van der Waals surface area (Å²) in [6, 6.07) is 7.24. The van der Waals surface area contributed by atoms with Crippen molar-refractivity contribution in [2.75, 3.05) is 27.8 Å². The highest BCUT2D eigenvalue weighted by Crippen LogP contribution is 2.39. The molecule has 50 heavy (non-hydrogen) atoms. The van der Waals surface area contributed by atoms with Crippen LogP contribution in [0.25, 0.3) is 0 Å². The van der Waals surface area contributed by atoms with E-state index in [1.54, 1.807) is 60.1 Å². The maximum Gasteiger partial charge on any atom is 0.245 e. The van der Waals surface area contributed by atoms with Gasteiger partial charge >= 0.3 is 0 Å². The van der Waals surface area contributed by atoms with Crippen molar-refractivity contribution in [3.05, 3.63) is 35.9 Å². The summed E-state index contributed by atoms with van der Waals surface area (Å²) < 4.78 is 13.6. The molecular formula is C36H57I2N5O7. The van der Waals surface area contributed by atoms with E-state index in [9.17, 15) is 24.3 Å². The van der Waals surface area contributed by atoms with Gasteiger partial charge in [-0.3, -0.25) is 19.2 Å². The number of ether oxygens (including phenoxy) is 2. The first kappa shape index (κ1) is 42.8. The number of carbonyl (C=O) groups excluding carboxylic acids is 4.